The number of aromatic nitrogens is 1. The smallest absolute Gasteiger partial charge is 0.144 e. The number of nitrogens with zero attached hydrogens (tertiary/aromatic N) is 2. The van der Waals surface area contributed by atoms with E-state index in [4.69, 9.17) is 5.26 Å². The van der Waals surface area contributed by atoms with E-state index in [1.54, 1.807) is 6.92 Å². The SMILES string of the molecule is CC(O)CCNc1nc2c(cc1C#N)CCC2. The van der Waals surface area contributed by atoms with Gasteiger partial charge in [-0.25, -0.2) is 4.98 Å². The normalized spacial score (nSPS) is 15.1. The molecule has 2 N–H and O–H groups in total. The zero-order chi connectivity index (χ0) is 12.3. The fourth-order valence-corrected chi connectivity index (χ4v) is 2.09. The number of hydrogen-bond donors (Lipinski definition) is 2. The Kier molecular flexibility index (Phi) is 3.60. The fraction of sp³-hybridized carbons (Fsp3) is 0.538. The Labute approximate surface area is 101 Å². The summed E-state index contributed by atoms with van der Waals surface area (Å²) in [4.78, 5) is 4.51. The van der Waals surface area contributed by atoms with Gasteiger partial charge in [0.05, 0.1) is 11.7 Å². The third-order valence-corrected chi connectivity index (χ3v) is 3.03. The van der Waals surface area contributed by atoms with Gasteiger partial charge >= 0.3 is 0 Å². The summed E-state index contributed by atoms with van der Waals surface area (Å²) in [5, 5.41) is 21.4. The summed E-state index contributed by atoms with van der Waals surface area (Å²) < 4.78 is 0. The van der Waals surface area contributed by atoms with E-state index < -0.39 is 0 Å². The van der Waals surface area contributed by atoms with E-state index in [-0.39, 0.29) is 6.10 Å². The molecule has 4 nitrogen and oxygen atoms in total. The van der Waals surface area contributed by atoms with Crippen molar-refractivity contribution in [1.82, 2.24) is 4.98 Å². The molecule has 1 atom stereocenters. The van der Waals surface area contributed by atoms with Crippen molar-refractivity contribution in [2.24, 2.45) is 0 Å². The van der Waals surface area contributed by atoms with Crippen LogP contribution >= 0.6 is 0 Å². The lowest BCUT2D eigenvalue weighted by Gasteiger charge is -2.10. The maximum atomic E-state index is 9.19. The highest BCUT2D eigenvalue weighted by atomic mass is 16.3. The lowest BCUT2D eigenvalue weighted by Crippen LogP contribution is -2.12. The molecule has 0 saturated heterocycles. The second-order valence-electron chi connectivity index (χ2n) is 4.52. The Hall–Kier alpha value is -1.60. The second-order valence-corrected chi connectivity index (χ2v) is 4.52. The van der Waals surface area contributed by atoms with E-state index in [9.17, 15) is 5.11 Å². The Morgan fingerprint density at radius 2 is 2.41 bits per heavy atom. The molecular weight excluding hydrogens is 214 g/mol. The number of rotatable bonds is 4. The molecule has 0 radical (unpaired) electrons. The third-order valence-electron chi connectivity index (χ3n) is 3.03. The summed E-state index contributed by atoms with van der Waals surface area (Å²) >= 11 is 0. The van der Waals surface area contributed by atoms with Crippen LogP contribution in [-0.2, 0) is 12.8 Å². The molecule has 17 heavy (non-hydrogen) atoms. The largest absolute Gasteiger partial charge is 0.393 e. The Morgan fingerprint density at radius 1 is 1.59 bits per heavy atom. The Morgan fingerprint density at radius 3 is 3.12 bits per heavy atom. The van der Waals surface area contributed by atoms with Crippen LogP contribution in [0.3, 0.4) is 0 Å². The van der Waals surface area contributed by atoms with Gasteiger partial charge in [-0.3, -0.25) is 0 Å². The van der Waals surface area contributed by atoms with Gasteiger partial charge in [-0.15, -0.1) is 0 Å². The van der Waals surface area contributed by atoms with E-state index in [2.05, 4.69) is 16.4 Å². The number of aliphatic hydroxyl groups excluding tert-OH is 1. The molecule has 2 rings (SSSR count). The van der Waals surface area contributed by atoms with Crippen LogP contribution < -0.4 is 5.32 Å². The van der Waals surface area contributed by atoms with Crippen molar-refractivity contribution in [1.29, 1.82) is 5.26 Å². The summed E-state index contributed by atoms with van der Waals surface area (Å²) in [7, 11) is 0. The van der Waals surface area contributed by atoms with Crippen LogP contribution in [0.5, 0.6) is 0 Å². The minimum absolute atomic E-state index is 0.331. The molecule has 1 aliphatic carbocycles. The van der Waals surface area contributed by atoms with E-state index in [1.807, 2.05) is 6.07 Å². The maximum Gasteiger partial charge on any atom is 0.144 e. The van der Waals surface area contributed by atoms with Crippen molar-refractivity contribution in [3.63, 3.8) is 0 Å². The minimum atomic E-state index is -0.331. The molecule has 4 heteroatoms. The van der Waals surface area contributed by atoms with Crippen LogP contribution in [0.15, 0.2) is 6.07 Å². The van der Waals surface area contributed by atoms with E-state index >= 15 is 0 Å². The van der Waals surface area contributed by atoms with Gasteiger partial charge in [0.2, 0.25) is 0 Å². The highest BCUT2D eigenvalue weighted by molar-refractivity contribution is 5.55. The van der Waals surface area contributed by atoms with Gasteiger partial charge < -0.3 is 10.4 Å². The Balaban J connectivity index is 2.13. The number of anilines is 1. The third kappa shape index (κ3) is 2.75. The number of nitrogens with one attached hydrogen (secondary N) is 1. The molecular formula is C13H17N3O. The van der Waals surface area contributed by atoms with Crippen LogP contribution in [0.25, 0.3) is 0 Å². The molecule has 0 aliphatic heterocycles. The van der Waals surface area contributed by atoms with Crippen LogP contribution in [0.2, 0.25) is 0 Å². The quantitative estimate of drug-likeness (QED) is 0.826. The number of hydrogen-bond acceptors (Lipinski definition) is 4. The van der Waals surface area contributed by atoms with Gasteiger partial charge in [0, 0.05) is 12.2 Å². The molecule has 0 bridgehead atoms. The van der Waals surface area contributed by atoms with E-state index in [1.165, 1.54) is 5.56 Å². The van der Waals surface area contributed by atoms with Gasteiger partial charge in [-0.1, -0.05) is 0 Å². The van der Waals surface area contributed by atoms with Gasteiger partial charge in [-0.05, 0) is 44.2 Å². The number of aryl methyl sites for hydroxylation is 2. The number of pyridine rings is 1. The first-order valence-corrected chi connectivity index (χ1v) is 6.05. The number of aliphatic hydroxyl groups is 1. The minimum Gasteiger partial charge on any atom is -0.393 e. The molecule has 1 heterocycles. The van der Waals surface area contributed by atoms with Crippen molar-refractivity contribution >= 4 is 5.82 Å². The molecule has 0 fully saturated rings. The van der Waals surface area contributed by atoms with E-state index in [0.29, 0.717) is 24.3 Å². The van der Waals surface area contributed by atoms with Crippen LogP contribution in [-0.4, -0.2) is 22.7 Å². The fourth-order valence-electron chi connectivity index (χ4n) is 2.09. The molecule has 1 unspecified atom stereocenters. The highest BCUT2D eigenvalue weighted by Gasteiger charge is 2.16. The molecule has 0 aromatic carbocycles. The molecule has 0 amide bonds. The molecule has 0 spiro atoms. The maximum absolute atomic E-state index is 9.19. The summed E-state index contributed by atoms with van der Waals surface area (Å²) in [6.45, 7) is 2.39. The molecule has 0 saturated carbocycles. The first-order chi connectivity index (χ1) is 8.20. The predicted molar refractivity (Wildman–Crippen MR) is 65.8 cm³/mol. The molecule has 1 aliphatic rings. The first-order valence-electron chi connectivity index (χ1n) is 6.05. The van der Waals surface area contributed by atoms with Crippen molar-refractivity contribution in [2.75, 3.05) is 11.9 Å². The second kappa shape index (κ2) is 5.15. The van der Waals surface area contributed by atoms with Crippen LogP contribution in [0.4, 0.5) is 5.82 Å². The summed E-state index contributed by atoms with van der Waals surface area (Å²) in [6, 6.07) is 4.12. The van der Waals surface area contributed by atoms with Crippen molar-refractivity contribution in [3.05, 3.63) is 22.9 Å². The zero-order valence-corrected chi connectivity index (χ0v) is 10.0. The topological polar surface area (TPSA) is 68.9 Å². The van der Waals surface area contributed by atoms with Crippen LogP contribution in [0.1, 0.15) is 36.6 Å². The van der Waals surface area contributed by atoms with Gasteiger partial charge in [0.1, 0.15) is 11.9 Å². The predicted octanol–water partition coefficient (Wildman–Crippen LogP) is 1.62. The van der Waals surface area contributed by atoms with Crippen molar-refractivity contribution in [2.45, 2.75) is 38.7 Å². The average Bonchev–Trinajstić information content (AvgIpc) is 2.74. The summed E-state index contributed by atoms with van der Waals surface area (Å²) in [5.74, 6) is 0.661. The summed E-state index contributed by atoms with van der Waals surface area (Å²) in [5.41, 5.74) is 2.93. The monoisotopic (exact) mass is 231 g/mol. The van der Waals surface area contributed by atoms with Crippen molar-refractivity contribution < 1.29 is 5.11 Å². The lowest BCUT2D eigenvalue weighted by atomic mass is 10.1. The van der Waals surface area contributed by atoms with Gasteiger partial charge in [-0.2, -0.15) is 5.26 Å². The van der Waals surface area contributed by atoms with Crippen molar-refractivity contribution in [3.8, 4) is 6.07 Å². The number of nitriles is 1. The van der Waals surface area contributed by atoms with E-state index in [0.717, 1.165) is 25.0 Å². The average molecular weight is 231 g/mol. The zero-order valence-electron chi connectivity index (χ0n) is 10.0. The highest BCUT2D eigenvalue weighted by Crippen LogP contribution is 2.24. The lowest BCUT2D eigenvalue weighted by molar-refractivity contribution is 0.188. The number of fused-ring (bicyclic) bond motifs is 1. The molecule has 1 aromatic heterocycles. The molecule has 90 valence electrons. The molecule has 1 aromatic rings. The Bertz CT molecular complexity index is 449. The van der Waals surface area contributed by atoms with Crippen LogP contribution in [0, 0.1) is 11.3 Å². The first kappa shape index (κ1) is 11.9. The standard InChI is InChI=1S/C13H17N3O/c1-9(17)5-6-15-13-11(8-14)7-10-3-2-4-12(10)16-13/h7,9,17H,2-6H2,1H3,(H,15,16). The van der Waals surface area contributed by atoms with Gasteiger partial charge in [0.15, 0.2) is 0 Å². The summed E-state index contributed by atoms with van der Waals surface area (Å²) in [6.07, 6.45) is 3.49. The van der Waals surface area contributed by atoms with Gasteiger partial charge in [0.25, 0.3) is 0 Å².